The summed E-state index contributed by atoms with van der Waals surface area (Å²) in [5.41, 5.74) is 0.0422. The van der Waals surface area contributed by atoms with Gasteiger partial charge in [0.1, 0.15) is 0 Å². The predicted molar refractivity (Wildman–Crippen MR) is 52.3 cm³/mol. The summed E-state index contributed by atoms with van der Waals surface area (Å²) in [5.74, 6) is 1.23. The van der Waals surface area contributed by atoms with Crippen molar-refractivity contribution in [2.75, 3.05) is 13.1 Å². The van der Waals surface area contributed by atoms with E-state index in [2.05, 4.69) is 18.7 Å². The monoisotopic (exact) mass is 181 g/mol. The molecule has 1 amide bonds. The predicted octanol–water partition coefficient (Wildman–Crippen LogP) is 2.04. The molecule has 74 valence electrons. The van der Waals surface area contributed by atoms with E-state index < -0.39 is 0 Å². The molecule has 0 unspecified atom stereocenters. The summed E-state index contributed by atoms with van der Waals surface area (Å²) in [6.45, 7) is 6.37. The third-order valence-corrected chi connectivity index (χ3v) is 3.59. The fourth-order valence-corrected chi connectivity index (χ4v) is 1.99. The fraction of sp³-hybridized carbons (Fsp3) is 0.909. The van der Waals surface area contributed by atoms with Gasteiger partial charge in [-0.1, -0.05) is 13.8 Å². The Morgan fingerprint density at radius 1 is 1.31 bits per heavy atom. The number of hydrogen-bond acceptors (Lipinski definition) is 1. The van der Waals surface area contributed by atoms with E-state index >= 15 is 0 Å². The number of nitrogens with zero attached hydrogens (tertiary/aromatic N) is 1. The Kier molecular flexibility index (Phi) is 2.09. The first-order valence-corrected chi connectivity index (χ1v) is 5.41. The van der Waals surface area contributed by atoms with Gasteiger partial charge >= 0.3 is 0 Å². The Morgan fingerprint density at radius 2 is 1.85 bits per heavy atom. The van der Waals surface area contributed by atoms with Crippen LogP contribution >= 0.6 is 0 Å². The van der Waals surface area contributed by atoms with Crippen LogP contribution in [0.5, 0.6) is 0 Å². The summed E-state index contributed by atoms with van der Waals surface area (Å²) < 4.78 is 0. The number of amides is 1. The van der Waals surface area contributed by atoms with Gasteiger partial charge in [-0.2, -0.15) is 0 Å². The second-order valence-electron chi connectivity index (χ2n) is 5.04. The largest absolute Gasteiger partial charge is 0.342 e. The number of rotatable bonds is 1. The lowest BCUT2D eigenvalue weighted by atomic mass is 9.97. The molecule has 1 aliphatic heterocycles. The number of piperidine rings is 1. The smallest absolute Gasteiger partial charge is 0.228 e. The average Bonchev–Trinajstić information content (AvgIpc) is 2.85. The highest BCUT2D eigenvalue weighted by Gasteiger charge is 2.47. The molecule has 0 atom stereocenters. The zero-order valence-corrected chi connectivity index (χ0v) is 8.68. The van der Waals surface area contributed by atoms with Gasteiger partial charge in [-0.05, 0) is 31.6 Å². The Balaban J connectivity index is 1.91. The number of likely N-dealkylation sites (tertiary alicyclic amines) is 1. The molecule has 0 aromatic heterocycles. The van der Waals surface area contributed by atoms with Gasteiger partial charge in [0.25, 0.3) is 0 Å². The van der Waals surface area contributed by atoms with Gasteiger partial charge in [0.2, 0.25) is 5.91 Å². The molecule has 1 saturated carbocycles. The molecule has 1 heterocycles. The SMILES string of the molecule is CC1CCN(C(=O)C2(C)CC2)CC1. The van der Waals surface area contributed by atoms with E-state index in [1.54, 1.807) is 0 Å². The van der Waals surface area contributed by atoms with E-state index in [1.807, 2.05) is 0 Å². The zero-order valence-electron chi connectivity index (χ0n) is 8.68. The Bertz CT molecular complexity index is 212. The van der Waals surface area contributed by atoms with Crippen molar-refractivity contribution in [3.8, 4) is 0 Å². The lowest BCUT2D eigenvalue weighted by Crippen LogP contribution is -2.41. The van der Waals surface area contributed by atoms with Gasteiger partial charge in [0.15, 0.2) is 0 Å². The normalized spacial score (nSPS) is 27.4. The molecule has 2 aliphatic rings. The van der Waals surface area contributed by atoms with Crippen molar-refractivity contribution in [2.24, 2.45) is 11.3 Å². The van der Waals surface area contributed by atoms with Crippen molar-refractivity contribution in [3.05, 3.63) is 0 Å². The van der Waals surface area contributed by atoms with Crippen LogP contribution in [0.4, 0.5) is 0 Å². The van der Waals surface area contributed by atoms with Crippen molar-refractivity contribution in [2.45, 2.75) is 39.5 Å². The highest BCUT2D eigenvalue weighted by atomic mass is 16.2. The molecule has 2 rings (SSSR count). The third-order valence-electron chi connectivity index (χ3n) is 3.59. The molecule has 1 saturated heterocycles. The molecule has 2 heteroatoms. The first-order valence-electron chi connectivity index (χ1n) is 5.41. The topological polar surface area (TPSA) is 20.3 Å². The molecule has 0 radical (unpaired) electrons. The van der Waals surface area contributed by atoms with Gasteiger partial charge in [0, 0.05) is 18.5 Å². The zero-order chi connectivity index (χ0) is 9.47. The Hall–Kier alpha value is -0.530. The first kappa shape index (κ1) is 9.04. The standard InChI is InChI=1S/C11H19NO/c1-9-3-7-12(8-4-9)10(13)11(2)5-6-11/h9H,3-8H2,1-2H3. The summed E-state index contributed by atoms with van der Waals surface area (Å²) >= 11 is 0. The fourth-order valence-electron chi connectivity index (χ4n) is 1.99. The molecule has 0 aromatic rings. The van der Waals surface area contributed by atoms with E-state index in [4.69, 9.17) is 0 Å². The van der Waals surface area contributed by atoms with Crippen molar-refractivity contribution >= 4 is 5.91 Å². The Labute approximate surface area is 80.3 Å². The molecule has 13 heavy (non-hydrogen) atoms. The van der Waals surface area contributed by atoms with Crippen LogP contribution in [-0.2, 0) is 4.79 Å². The van der Waals surface area contributed by atoms with Crippen LogP contribution in [0.15, 0.2) is 0 Å². The van der Waals surface area contributed by atoms with Crippen LogP contribution in [0.2, 0.25) is 0 Å². The van der Waals surface area contributed by atoms with Crippen LogP contribution in [0.3, 0.4) is 0 Å². The van der Waals surface area contributed by atoms with E-state index in [0.717, 1.165) is 31.8 Å². The summed E-state index contributed by atoms with van der Waals surface area (Å²) in [4.78, 5) is 14.0. The molecular formula is C11H19NO. The van der Waals surface area contributed by atoms with Crippen LogP contribution in [0.25, 0.3) is 0 Å². The van der Waals surface area contributed by atoms with Crippen LogP contribution in [-0.4, -0.2) is 23.9 Å². The van der Waals surface area contributed by atoms with E-state index in [9.17, 15) is 4.79 Å². The van der Waals surface area contributed by atoms with Crippen LogP contribution in [0.1, 0.15) is 39.5 Å². The van der Waals surface area contributed by atoms with Crippen LogP contribution in [0, 0.1) is 11.3 Å². The summed E-state index contributed by atoms with van der Waals surface area (Å²) in [7, 11) is 0. The molecular weight excluding hydrogens is 162 g/mol. The molecule has 0 N–H and O–H groups in total. The van der Waals surface area contributed by atoms with Crippen LogP contribution < -0.4 is 0 Å². The van der Waals surface area contributed by atoms with E-state index in [-0.39, 0.29) is 5.41 Å². The quantitative estimate of drug-likeness (QED) is 0.606. The first-order chi connectivity index (χ1) is 6.12. The van der Waals surface area contributed by atoms with Gasteiger partial charge < -0.3 is 4.90 Å². The second-order valence-corrected chi connectivity index (χ2v) is 5.04. The highest BCUT2D eigenvalue weighted by molar-refractivity contribution is 5.84. The van der Waals surface area contributed by atoms with Gasteiger partial charge in [-0.3, -0.25) is 4.79 Å². The molecule has 0 aromatic carbocycles. The van der Waals surface area contributed by atoms with Crippen molar-refractivity contribution in [3.63, 3.8) is 0 Å². The Morgan fingerprint density at radius 3 is 2.31 bits per heavy atom. The number of carbonyl (C=O) groups is 1. The lowest BCUT2D eigenvalue weighted by Gasteiger charge is -2.32. The summed E-state index contributed by atoms with van der Waals surface area (Å²) in [5, 5.41) is 0. The number of hydrogen-bond donors (Lipinski definition) is 0. The third kappa shape index (κ3) is 1.72. The van der Waals surface area contributed by atoms with E-state index in [0.29, 0.717) is 5.91 Å². The molecule has 1 aliphatic carbocycles. The molecule has 0 spiro atoms. The average molecular weight is 181 g/mol. The maximum Gasteiger partial charge on any atom is 0.228 e. The summed E-state index contributed by atoms with van der Waals surface area (Å²) in [6.07, 6.45) is 4.61. The van der Waals surface area contributed by atoms with Gasteiger partial charge in [0.05, 0.1) is 0 Å². The molecule has 0 bridgehead atoms. The van der Waals surface area contributed by atoms with Crippen molar-refractivity contribution in [1.82, 2.24) is 4.90 Å². The van der Waals surface area contributed by atoms with E-state index in [1.165, 1.54) is 12.8 Å². The van der Waals surface area contributed by atoms with Gasteiger partial charge in [-0.15, -0.1) is 0 Å². The lowest BCUT2D eigenvalue weighted by molar-refractivity contribution is -0.137. The molecule has 2 fully saturated rings. The maximum atomic E-state index is 11.9. The minimum Gasteiger partial charge on any atom is -0.342 e. The number of carbonyl (C=O) groups excluding carboxylic acids is 1. The second kappa shape index (κ2) is 3.00. The maximum absolute atomic E-state index is 11.9. The minimum atomic E-state index is 0.0422. The van der Waals surface area contributed by atoms with Gasteiger partial charge in [-0.25, -0.2) is 0 Å². The minimum absolute atomic E-state index is 0.0422. The van der Waals surface area contributed by atoms with Crippen molar-refractivity contribution in [1.29, 1.82) is 0 Å². The molecule has 2 nitrogen and oxygen atoms in total. The highest BCUT2D eigenvalue weighted by Crippen LogP contribution is 2.46. The van der Waals surface area contributed by atoms with Crippen molar-refractivity contribution < 1.29 is 4.79 Å². The summed E-state index contributed by atoms with van der Waals surface area (Å²) in [6, 6.07) is 0.